The highest BCUT2D eigenvalue weighted by molar-refractivity contribution is 5.95. The van der Waals surface area contributed by atoms with Crippen LogP contribution in [0.5, 0.6) is 17.2 Å². The van der Waals surface area contributed by atoms with Crippen molar-refractivity contribution in [3.05, 3.63) is 54.4 Å². The Balaban J connectivity index is 1.36. The molecular weight excluding hydrogens is 432 g/mol. The Bertz CT molecular complexity index is 1150. The summed E-state index contributed by atoms with van der Waals surface area (Å²) in [6.45, 7) is 2.27. The van der Waals surface area contributed by atoms with Crippen molar-refractivity contribution >= 4 is 11.6 Å². The topological polar surface area (TPSA) is 88.7 Å². The number of ether oxygens (including phenoxy) is 3. The molecular formula is C26H30N4O4. The predicted octanol–water partition coefficient (Wildman–Crippen LogP) is 3.75. The first-order chi connectivity index (χ1) is 16.6. The first-order valence-corrected chi connectivity index (χ1v) is 11.7. The lowest BCUT2D eigenvalue weighted by molar-refractivity contribution is -0.121. The van der Waals surface area contributed by atoms with Gasteiger partial charge >= 0.3 is 0 Å². The largest absolute Gasteiger partial charge is 0.497 e. The summed E-state index contributed by atoms with van der Waals surface area (Å²) in [7, 11) is 3.74. The maximum Gasteiger partial charge on any atom is 0.231 e. The van der Waals surface area contributed by atoms with E-state index in [1.165, 1.54) is 0 Å². The van der Waals surface area contributed by atoms with Gasteiger partial charge in [-0.15, -0.1) is 0 Å². The van der Waals surface area contributed by atoms with E-state index in [0.717, 1.165) is 54.1 Å². The number of hydrogen-bond acceptors (Lipinski definition) is 6. The van der Waals surface area contributed by atoms with E-state index in [9.17, 15) is 4.79 Å². The number of aromatic nitrogens is 2. The molecule has 0 saturated carbocycles. The number of amides is 1. The maximum atomic E-state index is 13.2. The minimum Gasteiger partial charge on any atom is -0.497 e. The number of likely N-dealkylation sites (tertiary alicyclic amines) is 1. The summed E-state index contributed by atoms with van der Waals surface area (Å²) in [5.41, 5.74) is 3.59. The molecule has 34 heavy (non-hydrogen) atoms. The lowest BCUT2D eigenvalue weighted by Gasteiger charge is -2.31. The zero-order valence-corrected chi connectivity index (χ0v) is 19.5. The minimum atomic E-state index is -0.304. The Morgan fingerprint density at radius 3 is 2.94 bits per heavy atom. The minimum absolute atomic E-state index is 0.0753. The van der Waals surface area contributed by atoms with Crippen LogP contribution < -0.4 is 19.5 Å². The van der Waals surface area contributed by atoms with Gasteiger partial charge in [0.05, 0.1) is 24.9 Å². The number of methoxy groups -OCH3 is 1. The van der Waals surface area contributed by atoms with Crippen LogP contribution in [0.25, 0.3) is 11.1 Å². The van der Waals surface area contributed by atoms with Crippen molar-refractivity contribution in [1.82, 2.24) is 15.1 Å². The summed E-state index contributed by atoms with van der Waals surface area (Å²) in [5.74, 6) is 1.84. The van der Waals surface area contributed by atoms with Crippen molar-refractivity contribution < 1.29 is 19.0 Å². The molecule has 0 aliphatic carbocycles. The number of fused-ring (bicyclic) bond motifs is 1. The lowest BCUT2D eigenvalue weighted by atomic mass is 9.95. The predicted molar refractivity (Wildman–Crippen MR) is 129 cm³/mol. The first-order valence-electron chi connectivity index (χ1n) is 11.7. The molecule has 2 atom stereocenters. The molecule has 0 unspecified atom stereocenters. The van der Waals surface area contributed by atoms with Crippen LogP contribution in [0.3, 0.4) is 0 Å². The lowest BCUT2D eigenvalue weighted by Crippen LogP contribution is -2.38. The molecule has 8 nitrogen and oxygen atoms in total. The molecule has 1 fully saturated rings. The number of nitrogens with one attached hydrogen (secondary N) is 2. The van der Waals surface area contributed by atoms with Gasteiger partial charge in [0.2, 0.25) is 5.91 Å². The summed E-state index contributed by atoms with van der Waals surface area (Å²) < 4.78 is 17.6. The standard InChI is InChI=1S/C26H30N4O4/c1-30-9-3-4-22(15-30)34-25-12-17(20-13-27-28-14-20)5-7-23(25)29-26(31)19-10-18-11-21(32-2)6-8-24(18)33-16-19/h5-8,11-14,19,22H,3-4,9-10,15-16H2,1-2H3,(H,27,28)(H,29,31)/t19-,22+/m0/s1. The van der Waals surface area contributed by atoms with Crippen LogP contribution in [-0.2, 0) is 11.2 Å². The highest BCUT2D eigenvalue weighted by atomic mass is 16.5. The van der Waals surface area contributed by atoms with Gasteiger partial charge in [-0.2, -0.15) is 5.10 Å². The van der Waals surface area contributed by atoms with E-state index in [4.69, 9.17) is 14.2 Å². The molecule has 8 heteroatoms. The van der Waals surface area contributed by atoms with E-state index in [0.29, 0.717) is 24.5 Å². The second-order valence-corrected chi connectivity index (χ2v) is 9.02. The van der Waals surface area contributed by atoms with E-state index < -0.39 is 0 Å². The van der Waals surface area contributed by atoms with Gasteiger partial charge in [-0.05, 0) is 74.3 Å². The molecule has 1 aromatic heterocycles. The van der Waals surface area contributed by atoms with Crippen LogP contribution in [0.4, 0.5) is 5.69 Å². The van der Waals surface area contributed by atoms with Gasteiger partial charge in [-0.1, -0.05) is 6.07 Å². The van der Waals surface area contributed by atoms with Crippen molar-refractivity contribution in [1.29, 1.82) is 0 Å². The van der Waals surface area contributed by atoms with Crippen LogP contribution >= 0.6 is 0 Å². The number of anilines is 1. The highest BCUT2D eigenvalue weighted by Gasteiger charge is 2.28. The average molecular weight is 463 g/mol. The van der Waals surface area contributed by atoms with E-state index in [2.05, 4.69) is 27.5 Å². The van der Waals surface area contributed by atoms with Crippen molar-refractivity contribution in [2.24, 2.45) is 5.92 Å². The summed E-state index contributed by atoms with van der Waals surface area (Å²) in [6, 6.07) is 11.5. The molecule has 5 rings (SSSR count). The van der Waals surface area contributed by atoms with Gasteiger partial charge < -0.3 is 24.4 Å². The number of aromatic amines is 1. The second kappa shape index (κ2) is 9.77. The van der Waals surface area contributed by atoms with Crippen LogP contribution in [0.1, 0.15) is 18.4 Å². The van der Waals surface area contributed by atoms with Gasteiger partial charge in [0.25, 0.3) is 0 Å². The number of hydrogen-bond donors (Lipinski definition) is 2. The number of carbonyl (C=O) groups is 1. The Hall–Kier alpha value is -3.52. The number of rotatable bonds is 6. The SMILES string of the molecule is COc1ccc2c(c1)C[C@H](C(=O)Nc1ccc(-c3cn[nH]c3)cc1O[C@@H]1CCCN(C)C1)CO2. The smallest absolute Gasteiger partial charge is 0.231 e. The van der Waals surface area contributed by atoms with Gasteiger partial charge in [0.15, 0.2) is 0 Å². The summed E-state index contributed by atoms with van der Waals surface area (Å²) in [6.07, 6.45) is 6.37. The molecule has 2 aromatic carbocycles. The molecule has 0 radical (unpaired) electrons. The fourth-order valence-electron chi connectivity index (χ4n) is 4.61. The van der Waals surface area contributed by atoms with Crippen LogP contribution in [0.15, 0.2) is 48.8 Å². The van der Waals surface area contributed by atoms with Gasteiger partial charge in [-0.3, -0.25) is 9.89 Å². The molecule has 1 saturated heterocycles. The fourth-order valence-corrected chi connectivity index (χ4v) is 4.61. The number of H-pyrrole nitrogens is 1. The third kappa shape index (κ3) is 4.87. The zero-order chi connectivity index (χ0) is 23.5. The van der Waals surface area contributed by atoms with Gasteiger partial charge in [0.1, 0.15) is 30.0 Å². The van der Waals surface area contributed by atoms with Crippen molar-refractivity contribution in [3.8, 4) is 28.4 Å². The molecule has 3 heterocycles. The number of piperidine rings is 1. The molecule has 1 amide bonds. The third-order valence-corrected chi connectivity index (χ3v) is 6.49. The van der Waals surface area contributed by atoms with E-state index in [1.807, 2.05) is 42.6 Å². The van der Waals surface area contributed by atoms with E-state index >= 15 is 0 Å². The number of carbonyl (C=O) groups excluding carboxylic acids is 1. The van der Waals surface area contributed by atoms with Crippen molar-refractivity contribution in [2.45, 2.75) is 25.4 Å². The van der Waals surface area contributed by atoms with Crippen LogP contribution in [0, 0.1) is 5.92 Å². The van der Waals surface area contributed by atoms with Gasteiger partial charge in [0, 0.05) is 18.3 Å². The third-order valence-electron chi connectivity index (χ3n) is 6.49. The average Bonchev–Trinajstić information content (AvgIpc) is 3.39. The molecule has 0 spiro atoms. The zero-order valence-electron chi connectivity index (χ0n) is 19.5. The Morgan fingerprint density at radius 1 is 1.24 bits per heavy atom. The summed E-state index contributed by atoms with van der Waals surface area (Å²) in [4.78, 5) is 15.5. The van der Waals surface area contributed by atoms with E-state index in [-0.39, 0.29) is 17.9 Å². The molecule has 2 N–H and O–H groups in total. The van der Waals surface area contributed by atoms with Crippen molar-refractivity contribution in [2.75, 3.05) is 39.2 Å². The molecule has 2 aliphatic heterocycles. The first kappa shape index (κ1) is 22.3. The second-order valence-electron chi connectivity index (χ2n) is 9.02. The van der Waals surface area contributed by atoms with Crippen LogP contribution in [-0.4, -0.2) is 61.0 Å². The quantitative estimate of drug-likeness (QED) is 0.580. The fraction of sp³-hybridized carbons (Fsp3) is 0.385. The number of nitrogens with zero attached hydrogens (tertiary/aromatic N) is 2. The molecule has 3 aromatic rings. The van der Waals surface area contributed by atoms with Crippen molar-refractivity contribution in [3.63, 3.8) is 0 Å². The molecule has 178 valence electrons. The Kier molecular flexibility index (Phi) is 6.40. The summed E-state index contributed by atoms with van der Waals surface area (Å²) in [5, 5.41) is 10.0. The normalized spacial score (nSPS) is 20.2. The summed E-state index contributed by atoms with van der Waals surface area (Å²) >= 11 is 0. The van der Waals surface area contributed by atoms with E-state index in [1.54, 1.807) is 13.3 Å². The number of likely N-dealkylation sites (N-methyl/N-ethyl adjacent to an activating group) is 1. The Labute approximate surface area is 199 Å². The number of benzene rings is 2. The highest BCUT2D eigenvalue weighted by Crippen LogP contribution is 2.35. The molecule has 2 aliphatic rings. The maximum absolute atomic E-state index is 13.2. The van der Waals surface area contributed by atoms with Gasteiger partial charge in [-0.25, -0.2) is 0 Å². The van der Waals surface area contributed by atoms with Crippen LogP contribution in [0.2, 0.25) is 0 Å². The Morgan fingerprint density at radius 2 is 2.15 bits per heavy atom. The monoisotopic (exact) mass is 462 g/mol. The molecule has 0 bridgehead atoms.